The number of benzene rings is 1. The van der Waals surface area contributed by atoms with Crippen LogP contribution in [0, 0.1) is 0 Å². The topological polar surface area (TPSA) is 65.1 Å². The third-order valence-electron chi connectivity index (χ3n) is 3.86. The lowest BCUT2D eigenvalue weighted by atomic mass is 10.2. The number of nitrogens with one attached hydrogen (secondary N) is 3. The van der Waals surface area contributed by atoms with Crippen LogP contribution in [0.4, 0.5) is 0 Å². The Hall–Kier alpha value is -1.87. The van der Waals surface area contributed by atoms with E-state index in [-0.39, 0.29) is 24.0 Å². The Kier molecular flexibility index (Phi) is 8.11. The Morgan fingerprint density at radius 3 is 2.50 bits per heavy atom. The van der Waals surface area contributed by atoms with Crippen LogP contribution < -0.4 is 10.6 Å². The molecule has 0 saturated carbocycles. The van der Waals surface area contributed by atoms with Crippen molar-refractivity contribution in [2.24, 2.45) is 4.99 Å². The van der Waals surface area contributed by atoms with Gasteiger partial charge in [-0.05, 0) is 24.1 Å². The van der Waals surface area contributed by atoms with Gasteiger partial charge in [0.25, 0.3) is 0 Å². The molecule has 7 heteroatoms. The summed E-state index contributed by atoms with van der Waals surface area (Å²) in [6, 6.07) is 14.5. The maximum atomic E-state index is 4.43. The molecule has 5 nitrogen and oxygen atoms in total. The molecule has 2 aromatic heterocycles. The number of hydrogen-bond acceptors (Lipinski definition) is 3. The normalized spacial score (nSPS) is 11.1. The van der Waals surface area contributed by atoms with E-state index in [9.17, 15) is 0 Å². The first kappa shape index (κ1) is 20.4. The highest BCUT2D eigenvalue weighted by Gasteiger charge is 2.05. The first-order chi connectivity index (χ1) is 12.3. The summed E-state index contributed by atoms with van der Waals surface area (Å²) in [7, 11) is 1.78. The molecule has 0 atom stereocenters. The Balaban J connectivity index is 0.00000243. The number of rotatable bonds is 6. The summed E-state index contributed by atoms with van der Waals surface area (Å²) in [5.74, 6) is 1.65. The van der Waals surface area contributed by atoms with Gasteiger partial charge in [0.05, 0.1) is 25.0 Å². The number of H-pyrrole nitrogens is 1. The smallest absolute Gasteiger partial charge is 0.191 e. The first-order valence-corrected chi connectivity index (χ1v) is 9.21. The molecule has 0 aliphatic carbocycles. The van der Waals surface area contributed by atoms with Crippen molar-refractivity contribution in [3.63, 3.8) is 0 Å². The van der Waals surface area contributed by atoms with E-state index in [2.05, 4.69) is 56.8 Å². The van der Waals surface area contributed by atoms with E-state index in [1.165, 1.54) is 9.75 Å². The average Bonchev–Trinajstić information content (AvgIpc) is 3.32. The SMILES string of the molecule is CCc1ccc(CNC(=NC)NCc2ncc(-c3ccccc3)[nH]2)s1.I. The quantitative estimate of drug-likeness (QED) is 0.281. The van der Waals surface area contributed by atoms with Crippen LogP contribution >= 0.6 is 35.3 Å². The zero-order valence-corrected chi connectivity index (χ0v) is 18.1. The largest absolute Gasteiger partial charge is 0.352 e. The van der Waals surface area contributed by atoms with Crippen molar-refractivity contribution in [1.82, 2.24) is 20.6 Å². The monoisotopic (exact) mass is 481 g/mol. The first-order valence-electron chi connectivity index (χ1n) is 8.40. The molecule has 0 bridgehead atoms. The number of thiophene rings is 1. The molecule has 0 radical (unpaired) electrons. The minimum Gasteiger partial charge on any atom is -0.352 e. The lowest BCUT2D eigenvalue weighted by Gasteiger charge is -2.10. The lowest BCUT2D eigenvalue weighted by Crippen LogP contribution is -2.36. The van der Waals surface area contributed by atoms with Gasteiger partial charge < -0.3 is 15.6 Å². The van der Waals surface area contributed by atoms with E-state index < -0.39 is 0 Å². The maximum Gasteiger partial charge on any atom is 0.191 e. The Bertz CT molecular complexity index is 825. The van der Waals surface area contributed by atoms with Gasteiger partial charge in [-0.1, -0.05) is 37.3 Å². The summed E-state index contributed by atoms with van der Waals surface area (Å²) in [6.45, 7) is 3.55. The van der Waals surface area contributed by atoms with E-state index in [0.717, 1.165) is 36.0 Å². The summed E-state index contributed by atoms with van der Waals surface area (Å²) < 4.78 is 0. The third kappa shape index (κ3) is 5.57. The number of guanidine groups is 1. The Morgan fingerprint density at radius 1 is 1.08 bits per heavy atom. The molecule has 3 rings (SSSR count). The van der Waals surface area contributed by atoms with Gasteiger partial charge in [0.15, 0.2) is 5.96 Å². The molecular weight excluding hydrogens is 457 g/mol. The minimum atomic E-state index is 0. The average molecular weight is 481 g/mol. The van der Waals surface area contributed by atoms with Crippen LogP contribution in [-0.4, -0.2) is 23.0 Å². The van der Waals surface area contributed by atoms with Gasteiger partial charge in [-0.3, -0.25) is 4.99 Å². The molecular formula is C19H24IN5S. The zero-order valence-electron chi connectivity index (χ0n) is 15.0. The van der Waals surface area contributed by atoms with E-state index in [4.69, 9.17) is 0 Å². The molecule has 0 fully saturated rings. The van der Waals surface area contributed by atoms with Crippen LogP contribution in [-0.2, 0) is 19.5 Å². The van der Waals surface area contributed by atoms with Crippen LogP contribution in [0.2, 0.25) is 0 Å². The van der Waals surface area contributed by atoms with Crippen molar-refractivity contribution in [3.8, 4) is 11.3 Å². The number of imidazole rings is 1. The van der Waals surface area contributed by atoms with Crippen molar-refractivity contribution in [1.29, 1.82) is 0 Å². The van der Waals surface area contributed by atoms with Gasteiger partial charge in [-0.25, -0.2) is 4.98 Å². The number of halogens is 1. The second-order valence-electron chi connectivity index (χ2n) is 5.61. The van der Waals surface area contributed by atoms with Crippen molar-refractivity contribution in [2.75, 3.05) is 7.05 Å². The molecule has 3 N–H and O–H groups in total. The van der Waals surface area contributed by atoms with Crippen molar-refractivity contribution < 1.29 is 0 Å². The highest BCUT2D eigenvalue weighted by molar-refractivity contribution is 14.0. The van der Waals surface area contributed by atoms with Crippen molar-refractivity contribution >= 4 is 41.3 Å². The van der Waals surface area contributed by atoms with Gasteiger partial charge in [-0.2, -0.15) is 0 Å². The highest BCUT2D eigenvalue weighted by Crippen LogP contribution is 2.17. The molecule has 2 heterocycles. The summed E-state index contributed by atoms with van der Waals surface area (Å²) >= 11 is 1.84. The molecule has 0 amide bonds. The molecule has 138 valence electrons. The summed E-state index contributed by atoms with van der Waals surface area (Å²) in [5, 5.41) is 6.63. The Labute approximate surface area is 175 Å². The predicted octanol–water partition coefficient (Wildman–Crippen LogP) is 4.18. The molecule has 3 aromatic rings. The number of hydrogen-bond donors (Lipinski definition) is 3. The third-order valence-corrected chi connectivity index (χ3v) is 5.09. The van der Waals surface area contributed by atoms with Gasteiger partial charge >= 0.3 is 0 Å². The summed E-state index contributed by atoms with van der Waals surface area (Å²) in [6.07, 6.45) is 2.94. The minimum absolute atomic E-state index is 0. The molecule has 1 aromatic carbocycles. The summed E-state index contributed by atoms with van der Waals surface area (Å²) in [5.41, 5.74) is 2.15. The molecule has 0 spiro atoms. The van der Waals surface area contributed by atoms with Gasteiger partial charge in [-0.15, -0.1) is 35.3 Å². The van der Waals surface area contributed by atoms with E-state index >= 15 is 0 Å². The van der Waals surface area contributed by atoms with Crippen LogP contribution in [0.5, 0.6) is 0 Å². The van der Waals surface area contributed by atoms with Crippen LogP contribution in [0.25, 0.3) is 11.3 Å². The number of aromatic amines is 1. The van der Waals surface area contributed by atoms with Crippen LogP contribution in [0.1, 0.15) is 22.5 Å². The van der Waals surface area contributed by atoms with E-state index in [1.807, 2.05) is 35.7 Å². The predicted molar refractivity (Wildman–Crippen MR) is 120 cm³/mol. The zero-order chi connectivity index (χ0) is 17.5. The van der Waals surface area contributed by atoms with Crippen LogP contribution in [0.15, 0.2) is 53.7 Å². The van der Waals surface area contributed by atoms with E-state index in [1.54, 1.807) is 7.05 Å². The highest BCUT2D eigenvalue weighted by atomic mass is 127. The maximum absolute atomic E-state index is 4.43. The van der Waals surface area contributed by atoms with Gasteiger partial charge in [0.1, 0.15) is 5.82 Å². The molecule has 0 unspecified atom stereocenters. The Morgan fingerprint density at radius 2 is 1.81 bits per heavy atom. The second-order valence-corrected chi connectivity index (χ2v) is 6.86. The number of aromatic nitrogens is 2. The molecule has 26 heavy (non-hydrogen) atoms. The fourth-order valence-corrected chi connectivity index (χ4v) is 3.38. The number of aryl methyl sites for hydroxylation is 1. The fraction of sp³-hybridized carbons (Fsp3) is 0.263. The van der Waals surface area contributed by atoms with E-state index in [0.29, 0.717) is 6.54 Å². The lowest BCUT2D eigenvalue weighted by molar-refractivity contribution is 0.786. The second kappa shape index (κ2) is 10.3. The van der Waals surface area contributed by atoms with Crippen LogP contribution in [0.3, 0.4) is 0 Å². The summed E-state index contributed by atoms with van der Waals surface area (Å²) in [4.78, 5) is 14.8. The fourth-order valence-electron chi connectivity index (χ4n) is 2.48. The molecule has 0 aliphatic rings. The molecule has 0 aliphatic heterocycles. The number of nitrogens with zero attached hydrogens (tertiary/aromatic N) is 2. The standard InChI is InChI=1S/C19H23N5S.HI/c1-3-15-9-10-16(25-15)11-22-19(20-2)23-13-18-21-12-17(24-18)14-7-5-4-6-8-14;/h4-10,12H,3,11,13H2,1-2H3,(H,21,24)(H2,20,22,23);1H. The molecule has 0 saturated heterocycles. The van der Waals surface area contributed by atoms with Crippen molar-refractivity contribution in [2.45, 2.75) is 26.4 Å². The van der Waals surface area contributed by atoms with Crippen molar-refractivity contribution in [3.05, 3.63) is 64.2 Å². The van der Waals surface area contributed by atoms with Gasteiger partial charge in [0.2, 0.25) is 0 Å². The van der Waals surface area contributed by atoms with Gasteiger partial charge in [0, 0.05) is 16.8 Å². The number of aliphatic imine (C=N–C) groups is 1.